The number of hydrogen-bond acceptors (Lipinski definition) is 4. The van der Waals surface area contributed by atoms with Crippen LogP contribution < -0.4 is 4.72 Å². The molecule has 0 saturated carbocycles. The van der Waals surface area contributed by atoms with E-state index in [0.717, 1.165) is 19.4 Å². The van der Waals surface area contributed by atoms with Crippen molar-refractivity contribution in [3.63, 3.8) is 0 Å². The average Bonchev–Trinajstić information content (AvgIpc) is 2.81. The average molecular weight is 242 g/mol. The lowest BCUT2D eigenvalue weighted by Gasteiger charge is -2.10. The number of rotatable bonds is 4. The minimum atomic E-state index is -3.44. The molecule has 0 amide bonds. The van der Waals surface area contributed by atoms with E-state index in [2.05, 4.69) is 9.71 Å². The zero-order valence-electron chi connectivity index (χ0n) is 8.80. The maximum Gasteiger partial charge on any atom is 0.242 e. The molecule has 2 heterocycles. The number of pyridine rings is 1. The quantitative estimate of drug-likeness (QED) is 0.836. The van der Waals surface area contributed by atoms with E-state index in [1.54, 1.807) is 12.3 Å². The lowest BCUT2D eigenvalue weighted by atomic mass is 10.2. The van der Waals surface area contributed by atoms with E-state index < -0.39 is 10.0 Å². The fourth-order valence-electron chi connectivity index (χ4n) is 1.60. The summed E-state index contributed by atoms with van der Waals surface area (Å²) in [4.78, 5) is 3.97. The molecule has 6 heteroatoms. The second-order valence-corrected chi connectivity index (χ2v) is 5.44. The van der Waals surface area contributed by atoms with Crippen LogP contribution in [0.3, 0.4) is 0 Å². The molecule has 0 spiro atoms. The van der Waals surface area contributed by atoms with Gasteiger partial charge < -0.3 is 4.74 Å². The number of hydrogen-bond donors (Lipinski definition) is 1. The van der Waals surface area contributed by atoms with Gasteiger partial charge >= 0.3 is 0 Å². The van der Waals surface area contributed by atoms with Crippen LogP contribution >= 0.6 is 0 Å². The SMILES string of the molecule is O=S(=O)(NCC1CCCO1)c1cccnc1. The number of ether oxygens (including phenoxy) is 1. The summed E-state index contributed by atoms with van der Waals surface area (Å²) in [5, 5.41) is 0. The fourth-order valence-corrected chi connectivity index (χ4v) is 2.63. The number of nitrogens with one attached hydrogen (secondary N) is 1. The van der Waals surface area contributed by atoms with Crippen molar-refractivity contribution in [2.75, 3.05) is 13.2 Å². The second-order valence-electron chi connectivity index (χ2n) is 3.68. The van der Waals surface area contributed by atoms with Crippen LogP contribution in [0.25, 0.3) is 0 Å². The lowest BCUT2D eigenvalue weighted by Crippen LogP contribution is -2.31. The fraction of sp³-hybridized carbons (Fsp3) is 0.500. The van der Waals surface area contributed by atoms with Crippen LogP contribution in [-0.2, 0) is 14.8 Å². The van der Waals surface area contributed by atoms with Crippen LogP contribution in [0, 0.1) is 0 Å². The van der Waals surface area contributed by atoms with Gasteiger partial charge in [-0.15, -0.1) is 0 Å². The number of sulfonamides is 1. The Morgan fingerprint density at radius 3 is 3.06 bits per heavy atom. The van der Waals surface area contributed by atoms with Crippen LogP contribution in [0.2, 0.25) is 0 Å². The van der Waals surface area contributed by atoms with Gasteiger partial charge in [-0.1, -0.05) is 0 Å². The third kappa shape index (κ3) is 2.78. The second kappa shape index (κ2) is 4.90. The summed E-state index contributed by atoms with van der Waals surface area (Å²) >= 11 is 0. The van der Waals surface area contributed by atoms with Gasteiger partial charge in [0.1, 0.15) is 4.90 Å². The molecule has 1 aromatic rings. The van der Waals surface area contributed by atoms with Gasteiger partial charge in [0.2, 0.25) is 10.0 Å². The number of aromatic nitrogens is 1. The van der Waals surface area contributed by atoms with Gasteiger partial charge in [0.25, 0.3) is 0 Å². The highest BCUT2D eigenvalue weighted by Gasteiger charge is 2.19. The molecule has 1 saturated heterocycles. The predicted octanol–water partition coefficient (Wildman–Crippen LogP) is 0.539. The van der Waals surface area contributed by atoms with E-state index in [0.29, 0.717) is 6.54 Å². The molecule has 1 unspecified atom stereocenters. The third-order valence-corrected chi connectivity index (χ3v) is 3.88. The summed E-state index contributed by atoms with van der Waals surface area (Å²) in [6, 6.07) is 3.12. The molecule has 1 aliphatic heterocycles. The van der Waals surface area contributed by atoms with Gasteiger partial charge in [-0.3, -0.25) is 4.98 Å². The molecule has 1 aromatic heterocycles. The van der Waals surface area contributed by atoms with Gasteiger partial charge in [-0.2, -0.15) is 0 Å². The van der Waals surface area contributed by atoms with Crippen molar-refractivity contribution in [3.8, 4) is 0 Å². The molecule has 88 valence electrons. The molecule has 0 radical (unpaired) electrons. The summed E-state index contributed by atoms with van der Waals surface area (Å²) in [5.74, 6) is 0. The first kappa shape index (κ1) is 11.5. The summed E-state index contributed by atoms with van der Waals surface area (Å²) in [7, 11) is -3.44. The maximum atomic E-state index is 11.8. The highest BCUT2D eigenvalue weighted by atomic mass is 32.2. The van der Waals surface area contributed by atoms with E-state index in [4.69, 9.17) is 4.74 Å². The van der Waals surface area contributed by atoms with Crippen molar-refractivity contribution in [2.45, 2.75) is 23.8 Å². The Labute approximate surface area is 94.9 Å². The molecule has 1 N–H and O–H groups in total. The van der Waals surface area contributed by atoms with Crippen molar-refractivity contribution >= 4 is 10.0 Å². The maximum absolute atomic E-state index is 11.8. The Bertz CT molecular complexity index is 427. The predicted molar refractivity (Wildman–Crippen MR) is 58.4 cm³/mol. The molecule has 0 aliphatic carbocycles. The summed E-state index contributed by atoms with van der Waals surface area (Å²) in [6.45, 7) is 1.05. The zero-order valence-corrected chi connectivity index (χ0v) is 9.61. The Morgan fingerprint density at radius 1 is 1.56 bits per heavy atom. The number of nitrogens with zero attached hydrogens (tertiary/aromatic N) is 1. The summed E-state index contributed by atoms with van der Waals surface area (Å²) < 4.78 is 31.4. The molecular formula is C10H14N2O3S. The standard InChI is InChI=1S/C10H14N2O3S/c13-16(14,10-4-1-5-11-8-10)12-7-9-3-2-6-15-9/h1,4-5,8-9,12H,2-3,6-7H2. The first-order valence-electron chi connectivity index (χ1n) is 5.20. The molecule has 1 atom stereocenters. The van der Waals surface area contributed by atoms with E-state index in [-0.39, 0.29) is 11.0 Å². The Balaban J connectivity index is 1.98. The Kier molecular flexibility index (Phi) is 3.52. The molecular weight excluding hydrogens is 228 g/mol. The van der Waals surface area contributed by atoms with Crippen molar-refractivity contribution in [1.82, 2.24) is 9.71 Å². The van der Waals surface area contributed by atoms with Crippen molar-refractivity contribution in [2.24, 2.45) is 0 Å². The highest BCUT2D eigenvalue weighted by molar-refractivity contribution is 7.89. The van der Waals surface area contributed by atoms with E-state index >= 15 is 0 Å². The molecule has 1 aliphatic rings. The highest BCUT2D eigenvalue weighted by Crippen LogP contribution is 2.12. The monoisotopic (exact) mass is 242 g/mol. The molecule has 5 nitrogen and oxygen atoms in total. The van der Waals surface area contributed by atoms with Crippen LogP contribution in [0.4, 0.5) is 0 Å². The van der Waals surface area contributed by atoms with Gasteiger partial charge in [-0.05, 0) is 25.0 Å². The molecule has 2 rings (SSSR count). The summed E-state index contributed by atoms with van der Waals surface area (Å²) in [6.07, 6.45) is 4.79. The van der Waals surface area contributed by atoms with Crippen LogP contribution in [-0.4, -0.2) is 32.7 Å². The normalized spacial score (nSPS) is 21.1. The molecule has 16 heavy (non-hydrogen) atoms. The first-order valence-corrected chi connectivity index (χ1v) is 6.68. The van der Waals surface area contributed by atoms with E-state index in [9.17, 15) is 8.42 Å². The van der Waals surface area contributed by atoms with Crippen molar-refractivity contribution in [1.29, 1.82) is 0 Å². The minimum Gasteiger partial charge on any atom is -0.377 e. The van der Waals surface area contributed by atoms with Gasteiger partial charge in [0.15, 0.2) is 0 Å². The lowest BCUT2D eigenvalue weighted by molar-refractivity contribution is 0.114. The van der Waals surface area contributed by atoms with E-state index in [1.807, 2.05) is 0 Å². The first-order chi connectivity index (χ1) is 7.68. The molecule has 0 bridgehead atoms. The van der Waals surface area contributed by atoms with Gasteiger partial charge in [-0.25, -0.2) is 13.1 Å². The Morgan fingerprint density at radius 2 is 2.44 bits per heavy atom. The third-order valence-electron chi connectivity index (χ3n) is 2.47. The van der Waals surface area contributed by atoms with Gasteiger partial charge in [0, 0.05) is 25.5 Å². The smallest absolute Gasteiger partial charge is 0.242 e. The largest absolute Gasteiger partial charge is 0.377 e. The molecule has 0 aromatic carbocycles. The minimum absolute atomic E-state index is 0.00597. The zero-order chi connectivity index (χ0) is 11.4. The van der Waals surface area contributed by atoms with E-state index in [1.165, 1.54) is 12.3 Å². The summed E-state index contributed by atoms with van der Waals surface area (Å²) in [5.41, 5.74) is 0. The van der Waals surface area contributed by atoms with Crippen molar-refractivity contribution < 1.29 is 13.2 Å². The topological polar surface area (TPSA) is 68.3 Å². The van der Waals surface area contributed by atoms with Crippen LogP contribution in [0.15, 0.2) is 29.4 Å². The van der Waals surface area contributed by atoms with Gasteiger partial charge in [0.05, 0.1) is 6.10 Å². The van der Waals surface area contributed by atoms with Crippen LogP contribution in [0.5, 0.6) is 0 Å². The molecule has 1 fully saturated rings. The van der Waals surface area contributed by atoms with Crippen LogP contribution in [0.1, 0.15) is 12.8 Å². The Hall–Kier alpha value is -0.980. The van der Waals surface area contributed by atoms with Crippen molar-refractivity contribution in [3.05, 3.63) is 24.5 Å².